The quantitative estimate of drug-likeness (QED) is 0.766. The number of fused-ring (bicyclic) bond motifs is 2. The second kappa shape index (κ2) is 4.35. The highest BCUT2D eigenvalue weighted by molar-refractivity contribution is 9.10. The fourth-order valence-corrected chi connectivity index (χ4v) is 7.37. The van der Waals surface area contributed by atoms with E-state index >= 15 is 0 Å². The van der Waals surface area contributed by atoms with Crippen LogP contribution >= 0.6 is 15.9 Å². The number of nitrogens with zero attached hydrogens (tertiary/aromatic N) is 1. The molecule has 4 unspecified atom stereocenters. The van der Waals surface area contributed by atoms with Gasteiger partial charge in [0, 0.05) is 17.1 Å². The van der Waals surface area contributed by atoms with Crippen molar-refractivity contribution in [3.8, 4) is 0 Å². The van der Waals surface area contributed by atoms with Crippen LogP contribution in [0.1, 0.15) is 37.7 Å². The molecule has 4 saturated carbocycles. The average Bonchev–Trinajstić information content (AvgIpc) is 2.79. The van der Waals surface area contributed by atoms with Crippen molar-refractivity contribution in [2.24, 2.45) is 29.1 Å². The van der Waals surface area contributed by atoms with Crippen LogP contribution in [-0.2, 0) is 6.54 Å². The van der Waals surface area contributed by atoms with Crippen LogP contribution in [0.2, 0.25) is 0 Å². The molecule has 1 aromatic rings. The first kappa shape index (κ1) is 13.1. The first-order valence-corrected chi connectivity index (χ1v) is 9.40. The van der Waals surface area contributed by atoms with E-state index in [0.717, 1.165) is 41.7 Å². The monoisotopic (exact) mass is 345 g/mol. The molecule has 1 aromatic carbocycles. The van der Waals surface area contributed by atoms with Gasteiger partial charge in [0.15, 0.2) is 0 Å². The summed E-state index contributed by atoms with van der Waals surface area (Å²) in [4.78, 5) is 2.69. The number of hydrogen-bond acceptors (Lipinski definition) is 1. The molecule has 1 spiro atoms. The summed E-state index contributed by atoms with van der Waals surface area (Å²) in [5.74, 6) is 4.22. The topological polar surface area (TPSA) is 3.24 Å². The van der Waals surface area contributed by atoms with Gasteiger partial charge in [-0.25, -0.2) is 0 Å². The highest BCUT2D eigenvalue weighted by atomic mass is 79.9. The minimum Gasteiger partial charge on any atom is -0.299 e. The number of benzene rings is 1. The largest absolute Gasteiger partial charge is 0.299 e. The van der Waals surface area contributed by atoms with Gasteiger partial charge in [-0.1, -0.05) is 28.1 Å². The number of hydrogen-bond donors (Lipinski definition) is 0. The van der Waals surface area contributed by atoms with Crippen molar-refractivity contribution in [2.75, 3.05) is 7.05 Å². The third kappa shape index (κ3) is 1.72. The number of halogens is 1. The minimum absolute atomic E-state index is 0.850. The van der Waals surface area contributed by atoms with E-state index in [1.807, 2.05) is 0 Å². The van der Waals surface area contributed by atoms with Crippen molar-refractivity contribution < 1.29 is 0 Å². The zero-order valence-electron chi connectivity index (χ0n) is 12.8. The predicted molar refractivity (Wildman–Crippen MR) is 88.9 cm³/mol. The first-order valence-electron chi connectivity index (χ1n) is 8.60. The lowest BCUT2D eigenvalue weighted by molar-refractivity contribution is -0.00424. The van der Waals surface area contributed by atoms with Gasteiger partial charge in [0.25, 0.3) is 0 Å². The Morgan fingerprint density at radius 1 is 1.14 bits per heavy atom. The number of rotatable bonds is 3. The van der Waals surface area contributed by atoms with Crippen molar-refractivity contribution >= 4 is 15.9 Å². The van der Waals surface area contributed by atoms with Gasteiger partial charge in [-0.2, -0.15) is 0 Å². The van der Waals surface area contributed by atoms with E-state index < -0.39 is 0 Å². The van der Waals surface area contributed by atoms with Gasteiger partial charge in [-0.05, 0) is 85.9 Å². The van der Waals surface area contributed by atoms with E-state index in [2.05, 4.69) is 52.1 Å². The highest BCUT2D eigenvalue weighted by Gasteiger charge is 2.69. The van der Waals surface area contributed by atoms with Gasteiger partial charge in [-0.15, -0.1) is 0 Å². The molecule has 1 nitrogen and oxygen atoms in total. The molecule has 0 aromatic heterocycles. The first-order chi connectivity index (χ1) is 10.2. The summed E-state index contributed by atoms with van der Waals surface area (Å²) in [5, 5.41) is 0. The van der Waals surface area contributed by atoms with E-state index in [9.17, 15) is 0 Å². The van der Waals surface area contributed by atoms with E-state index in [4.69, 9.17) is 0 Å². The van der Waals surface area contributed by atoms with Crippen molar-refractivity contribution in [1.29, 1.82) is 0 Å². The maximum absolute atomic E-state index is 3.61. The highest BCUT2D eigenvalue weighted by Crippen LogP contribution is 2.75. The van der Waals surface area contributed by atoms with Crippen molar-refractivity contribution in [3.05, 3.63) is 34.3 Å². The zero-order valence-corrected chi connectivity index (χ0v) is 14.3. The van der Waals surface area contributed by atoms with Crippen LogP contribution in [0.3, 0.4) is 0 Å². The molecular formula is C19H24BrN. The van der Waals surface area contributed by atoms with Crippen LogP contribution in [0.25, 0.3) is 0 Å². The SMILES string of the molecule is CN(Cc1cccc(Br)c1)C1C2CC3CC4CC1CC34C2. The van der Waals surface area contributed by atoms with Gasteiger partial charge < -0.3 is 0 Å². The summed E-state index contributed by atoms with van der Waals surface area (Å²) < 4.78 is 1.21. The fourth-order valence-electron chi connectivity index (χ4n) is 6.93. The maximum Gasteiger partial charge on any atom is 0.0234 e. The van der Waals surface area contributed by atoms with Gasteiger partial charge in [0.05, 0.1) is 0 Å². The molecule has 0 heterocycles. The summed E-state index contributed by atoms with van der Waals surface area (Å²) in [6, 6.07) is 9.70. The molecular weight excluding hydrogens is 322 g/mol. The third-order valence-electron chi connectivity index (χ3n) is 7.45. The molecule has 112 valence electrons. The van der Waals surface area contributed by atoms with Crippen LogP contribution in [0.15, 0.2) is 28.7 Å². The Labute approximate surface area is 136 Å². The van der Waals surface area contributed by atoms with Crippen molar-refractivity contribution in [1.82, 2.24) is 4.90 Å². The summed E-state index contributed by atoms with van der Waals surface area (Å²) >= 11 is 3.61. The lowest BCUT2D eigenvalue weighted by Crippen LogP contribution is -2.45. The second-order valence-electron chi connectivity index (χ2n) is 8.30. The Bertz CT molecular complexity index is 559. The third-order valence-corrected chi connectivity index (χ3v) is 7.94. The van der Waals surface area contributed by atoms with Gasteiger partial charge in [0.2, 0.25) is 0 Å². The summed E-state index contributed by atoms with van der Waals surface area (Å²) in [7, 11) is 2.38. The normalized spacial score (nSPS) is 46.0. The summed E-state index contributed by atoms with van der Waals surface area (Å²) in [5.41, 5.74) is 2.30. The van der Waals surface area contributed by atoms with Crippen molar-refractivity contribution in [3.63, 3.8) is 0 Å². The predicted octanol–water partition coefficient (Wildman–Crippen LogP) is 4.71. The Kier molecular flexibility index (Phi) is 2.72. The molecule has 4 aliphatic carbocycles. The minimum atomic E-state index is 0.850. The lowest BCUT2D eigenvalue weighted by Gasteiger charge is -2.49. The summed E-state index contributed by atoms with van der Waals surface area (Å²) in [6.45, 7) is 1.11. The molecule has 4 atom stereocenters. The maximum atomic E-state index is 3.61. The molecule has 0 N–H and O–H groups in total. The standard InChI is InChI=1S/C19H24BrN/c1-21(11-12-3-2-4-17(20)5-12)18-13-6-15-8-16-7-14(18)10-19(15,16)9-13/h2-5,13-16,18H,6-11H2,1H3. The van der Waals surface area contributed by atoms with E-state index in [1.165, 1.54) is 10.0 Å². The Hall–Kier alpha value is -0.340. The van der Waals surface area contributed by atoms with E-state index in [1.54, 1.807) is 32.1 Å². The Morgan fingerprint density at radius 2 is 1.86 bits per heavy atom. The van der Waals surface area contributed by atoms with E-state index in [0.29, 0.717) is 0 Å². The molecule has 2 heteroatoms. The molecule has 3 bridgehead atoms. The van der Waals surface area contributed by atoms with Crippen LogP contribution in [0, 0.1) is 29.1 Å². The molecule has 0 radical (unpaired) electrons. The van der Waals surface area contributed by atoms with Gasteiger partial charge >= 0.3 is 0 Å². The summed E-state index contributed by atoms with van der Waals surface area (Å²) in [6.07, 6.45) is 7.79. The Morgan fingerprint density at radius 3 is 2.52 bits per heavy atom. The molecule has 21 heavy (non-hydrogen) atoms. The van der Waals surface area contributed by atoms with Crippen molar-refractivity contribution in [2.45, 2.75) is 44.7 Å². The van der Waals surface area contributed by atoms with Crippen LogP contribution in [0.5, 0.6) is 0 Å². The molecule has 5 rings (SSSR count). The zero-order chi connectivity index (χ0) is 14.2. The van der Waals surface area contributed by atoms with Gasteiger partial charge in [0.1, 0.15) is 0 Å². The van der Waals surface area contributed by atoms with E-state index in [-0.39, 0.29) is 0 Å². The second-order valence-corrected chi connectivity index (χ2v) is 9.21. The molecule has 0 amide bonds. The molecule has 4 fully saturated rings. The van der Waals surface area contributed by atoms with Gasteiger partial charge in [-0.3, -0.25) is 4.90 Å². The molecule has 0 saturated heterocycles. The lowest BCUT2D eigenvalue weighted by atomic mass is 9.56. The smallest absolute Gasteiger partial charge is 0.0234 e. The van der Waals surface area contributed by atoms with Crippen LogP contribution in [0.4, 0.5) is 0 Å². The van der Waals surface area contributed by atoms with Crippen LogP contribution < -0.4 is 0 Å². The average molecular weight is 346 g/mol. The van der Waals surface area contributed by atoms with Crippen LogP contribution in [-0.4, -0.2) is 18.0 Å². The Balaban J connectivity index is 1.38. The fraction of sp³-hybridized carbons (Fsp3) is 0.684. The molecule has 0 aliphatic heterocycles. The molecule has 4 aliphatic rings.